The summed E-state index contributed by atoms with van der Waals surface area (Å²) in [5.41, 5.74) is 0.319. The van der Waals surface area contributed by atoms with Gasteiger partial charge >= 0.3 is 0 Å². The van der Waals surface area contributed by atoms with Gasteiger partial charge in [0.05, 0.1) is 5.69 Å². The second kappa shape index (κ2) is 5.32. The summed E-state index contributed by atoms with van der Waals surface area (Å²) in [4.78, 5) is 23.1. The minimum absolute atomic E-state index is 0.141. The zero-order valence-electron chi connectivity index (χ0n) is 10.1. The van der Waals surface area contributed by atoms with Crippen molar-refractivity contribution in [1.82, 2.24) is 9.78 Å². The molecule has 0 bridgehead atoms. The lowest BCUT2D eigenvalue weighted by atomic mass is 10.1. The number of carbonyl (C=O) groups excluding carboxylic acids is 1. The Balaban J connectivity index is 2.64. The molecule has 0 fully saturated rings. The number of hydrogen-bond acceptors (Lipinski definition) is 3. The molecule has 0 N–H and O–H groups in total. The van der Waals surface area contributed by atoms with Crippen LogP contribution in [0.3, 0.4) is 0 Å². The third kappa shape index (κ3) is 2.71. The first-order valence-electron chi connectivity index (χ1n) is 5.61. The number of nitrogens with zero attached hydrogens (tertiary/aromatic N) is 2. The Morgan fingerprint density at radius 1 is 1.37 bits per heavy atom. The average Bonchev–Trinajstić information content (AvgIpc) is 2.39. The van der Waals surface area contributed by atoms with E-state index in [-0.39, 0.29) is 11.4 Å². The normalized spacial score (nSPS) is 10.5. The Morgan fingerprint density at radius 3 is 2.53 bits per heavy atom. The minimum Gasteiger partial charge on any atom is -0.275 e. The highest BCUT2D eigenvalue weighted by molar-refractivity contribution is 6.67. The molecule has 98 valence electrons. The van der Waals surface area contributed by atoms with Crippen molar-refractivity contribution in [1.29, 1.82) is 0 Å². The smallest absolute Gasteiger partial charge is 0.275 e. The van der Waals surface area contributed by atoms with Crippen molar-refractivity contribution in [2.75, 3.05) is 0 Å². The van der Waals surface area contributed by atoms with E-state index in [0.29, 0.717) is 17.8 Å². The molecule has 0 saturated carbocycles. The summed E-state index contributed by atoms with van der Waals surface area (Å²) in [6.07, 6.45) is 0. The van der Waals surface area contributed by atoms with Crippen molar-refractivity contribution in [3.05, 3.63) is 52.1 Å². The van der Waals surface area contributed by atoms with E-state index >= 15 is 0 Å². The Kier molecular flexibility index (Phi) is 3.76. The molecule has 0 aliphatic rings. The molecule has 0 atom stereocenters. The average molecular weight is 281 g/mol. The Bertz CT molecular complexity index is 680. The Hall–Kier alpha value is -2.01. The van der Waals surface area contributed by atoms with Gasteiger partial charge in [-0.15, -0.1) is 0 Å². The predicted molar refractivity (Wildman–Crippen MR) is 69.7 cm³/mol. The fraction of sp³-hybridized carbons (Fsp3) is 0.154. The van der Waals surface area contributed by atoms with E-state index < -0.39 is 10.8 Å². The molecule has 19 heavy (non-hydrogen) atoms. The van der Waals surface area contributed by atoms with Crippen LogP contribution in [0.15, 0.2) is 35.1 Å². The third-order valence-corrected chi connectivity index (χ3v) is 2.83. The molecule has 0 aliphatic carbocycles. The molecule has 2 rings (SSSR count). The van der Waals surface area contributed by atoms with Crippen LogP contribution in [-0.2, 0) is 6.54 Å². The number of carbonyl (C=O) groups is 1. The van der Waals surface area contributed by atoms with Crippen LogP contribution in [0, 0.1) is 5.82 Å². The van der Waals surface area contributed by atoms with Gasteiger partial charge < -0.3 is 0 Å². The van der Waals surface area contributed by atoms with E-state index in [1.807, 2.05) is 0 Å². The second-order valence-electron chi connectivity index (χ2n) is 3.84. The lowest BCUT2D eigenvalue weighted by Crippen LogP contribution is -2.27. The Morgan fingerprint density at radius 2 is 2.00 bits per heavy atom. The molecular formula is C13H10ClFN2O2. The highest BCUT2D eigenvalue weighted by Crippen LogP contribution is 2.17. The van der Waals surface area contributed by atoms with Crippen LogP contribution in [0.4, 0.5) is 4.39 Å². The largest absolute Gasteiger partial charge is 0.278 e. The van der Waals surface area contributed by atoms with Crippen molar-refractivity contribution >= 4 is 16.8 Å². The van der Waals surface area contributed by atoms with Crippen LogP contribution in [0.1, 0.15) is 17.3 Å². The summed E-state index contributed by atoms with van der Waals surface area (Å²) < 4.78 is 14.0. The quantitative estimate of drug-likeness (QED) is 0.812. The minimum atomic E-state index is -0.835. The van der Waals surface area contributed by atoms with Crippen molar-refractivity contribution in [2.24, 2.45) is 0 Å². The monoisotopic (exact) mass is 280 g/mol. The van der Waals surface area contributed by atoms with Gasteiger partial charge in [0.25, 0.3) is 10.8 Å². The molecule has 0 aliphatic heterocycles. The maximum absolute atomic E-state index is 12.9. The van der Waals surface area contributed by atoms with Gasteiger partial charge in [0.2, 0.25) is 0 Å². The summed E-state index contributed by atoms with van der Waals surface area (Å²) in [5, 5.41) is 3.27. The number of aryl methyl sites for hydroxylation is 1. The first-order chi connectivity index (χ1) is 9.02. The predicted octanol–water partition coefficient (Wildman–Crippen LogP) is 2.45. The van der Waals surface area contributed by atoms with Gasteiger partial charge in [-0.25, -0.2) is 9.07 Å². The zero-order valence-corrected chi connectivity index (χ0v) is 10.8. The molecule has 0 radical (unpaired) electrons. The van der Waals surface area contributed by atoms with E-state index in [2.05, 4.69) is 5.10 Å². The summed E-state index contributed by atoms with van der Waals surface area (Å²) in [6.45, 7) is 2.04. The van der Waals surface area contributed by atoms with Crippen LogP contribution in [-0.4, -0.2) is 15.0 Å². The fourth-order valence-corrected chi connectivity index (χ4v) is 1.79. The van der Waals surface area contributed by atoms with Gasteiger partial charge in [-0.3, -0.25) is 9.59 Å². The van der Waals surface area contributed by atoms with Gasteiger partial charge in [0, 0.05) is 12.1 Å². The van der Waals surface area contributed by atoms with Crippen molar-refractivity contribution < 1.29 is 9.18 Å². The summed E-state index contributed by atoms with van der Waals surface area (Å²) in [5.74, 6) is -0.374. The molecule has 1 aromatic carbocycles. The molecule has 2 aromatic rings. The van der Waals surface area contributed by atoms with Crippen LogP contribution >= 0.6 is 11.6 Å². The van der Waals surface area contributed by atoms with Crippen molar-refractivity contribution in [3.63, 3.8) is 0 Å². The SMILES string of the molecule is CCn1nc(-c2ccc(F)cc2)cc(C(=O)Cl)c1=O. The summed E-state index contributed by atoms with van der Waals surface area (Å²) in [7, 11) is 0. The number of benzene rings is 1. The highest BCUT2D eigenvalue weighted by atomic mass is 35.5. The van der Waals surface area contributed by atoms with E-state index in [1.54, 1.807) is 6.92 Å². The lowest BCUT2D eigenvalue weighted by Gasteiger charge is -2.07. The lowest BCUT2D eigenvalue weighted by molar-refractivity contribution is 0.107. The van der Waals surface area contributed by atoms with Gasteiger partial charge in [0.15, 0.2) is 0 Å². The van der Waals surface area contributed by atoms with Crippen LogP contribution in [0.2, 0.25) is 0 Å². The van der Waals surface area contributed by atoms with Crippen LogP contribution in [0.25, 0.3) is 11.3 Å². The molecule has 4 nitrogen and oxygen atoms in total. The van der Waals surface area contributed by atoms with Gasteiger partial charge in [-0.05, 0) is 48.9 Å². The molecule has 0 amide bonds. The first kappa shape index (κ1) is 13.4. The second-order valence-corrected chi connectivity index (χ2v) is 4.19. The number of rotatable bonds is 3. The van der Waals surface area contributed by atoms with Gasteiger partial charge in [0.1, 0.15) is 11.4 Å². The van der Waals surface area contributed by atoms with Crippen LogP contribution < -0.4 is 5.56 Å². The van der Waals surface area contributed by atoms with E-state index in [0.717, 1.165) is 4.68 Å². The van der Waals surface area contributed by atoms with Gasteiger partial charge in [-0.1, -0.05) is 0 Å². The highest BCUT2D eigenvalue weighted by Gasteiger charge is 2.13. The third-order valence-electron chi connectivity index (χ3n) is 2.63. The van der Waals surface area contributed by atoms with E-state index in [1.165, 1.54) is 30.3 Å². The molecule has 0 saturated heterocycles. The van der Waals surface area contributed by atoms with Crippen molar-refractivity contribution in [2.45, 2.75) is 13.5 Å². The van der Waals surface area contributed by atoms with Crippen LogP contribution in [0.5, 0.6) is 0 Å². The molecular weight excluding hydrogens is 271 g/mol. The number of hydrogen-bond donors (Lipinski definition) is 0. The van der Waals surface area contributed by atoms with Crippen molar-refractivity contribution in [3.8, 4) is 11.3 Å². The molecule has 6 heteroatoms. The van der Waals surface area contributed by atoms with E-state index in [4.69, 9.17) is 11.6 Å². The number of aromatic nitrogens is 2. The molecule has 1 heterocycles. The summed E-state index contributed by atoms with van der Waals surface area (Å²) >= 11 is 5.38. The standard InChI is InChI=1S/C13H10ClFN2O2/c1-2-17-13(19)10(12(14)18)7-11(16-17)8-3-5-9(15)6-4-8/h3-7H,2H2,1H3. The maximum atomic E-state index is 12.9. The fourth-order valence-electron chi connectivity index (χ4n) is 1.66. The topological polar surface area (TPSA) is 52.0 Å². The first-order valence-corrected chi connectivity index (χ1v) is 5.98. The molecule has 1 aromatic heterocycles. The van der Waals surface area contributed by atoms with Gasteiger partial charge in [-0.2, -0.15) is 5.10 Å². The molecule has 0 spiro atoms. The Labute approximate surface area is 113 Å². The van der Waals surface area contributed by atoms with E-state index in [9.17, 15) is 14.0 Å². The number of halogens is 2. The maximum Gasteiger partial charge on any atom is 0.278 e. The summed E-state index contributed by atoms with van der Waals surface area (Å²) in [6, 6.07) is 6.91. The zero-order chi connectivity index (χ0) is 14.0. The molecule has 0 unspecified atom stereocenters.